The van der Waals surface area contributed by atoms with Gasteiger partial charge in [0.05, 0.1) is 10.0 Å². The highest BCUT2D eigenvalue weighted by Crippen LogP contribution is 2.23. The zero-order valence-electron chi connectivity index (χ0n) is 13.1. The maximum atomic E-state index is 12.3. The summed E-state index contributed by atoms with van der Waals surface area (Å²) in [4.78, 5) is 14.2. The summed E-state index contributed by atoms with van der Waals surface area (Å²) in [7, 11) is 0. The number of anilines is 1. The molecule has 124 valence electrons. The van der Waals surface area contributed by atoms with E-state index in [0.717, 1.165) is 24.2 Å². The number of hydrogen-bond acceptors (Lipinski definition) is 2. The van der Waals surface area contributed by atoms with Gasteiger partial charge in [-0.2, -0.15) is 0 Å². The Hall–Kier alpha value is -1.97. The Morgan fingerprint density at radius 3 is 2.67 bits per heavy atom. The van der Waals surface area contributed by atoms with Crippen LogP contribution in [-0.4, -0.2) is 29.9 Å². The number of likely N-dealkylation sites (tertiary alicyclic amines) is 1. The van der Waals surface area contributed by atoms with Gasteiger partial charge in [-0.15, -0.1) is 0 Å². The predicted octanol–water partition coefficient (Wildman–Crippen LogP) is 4.72. The molecule has 24 heavy (non-hydrogen) atoms. The molecular weight excluding hydrogens is 343 g/mol. The summed E-state index contributed by atoms with van der Waals surface area (Å²) >= 11 is 11.9. The largest absolute Gasteiger partial charge is 0.380 e. The van der Waals surface area contributed by atoms with E-state index in [2.05, 4.69) is 5.32 Å². The molecule has 0 spiro atoms. The van der Waals surface area contributed by atoms with E-state index in [1.165, 1.54) is 0 Å². The zero-order chi connectivity index (χ0) is 16.9. The molecule has 1 unspecified atom stereocenters. The van der Waals surface area contributed by atoms with E-state index >= 15 is 0 Å². The average molecular weight is 361 g/mol. The first-order valence-electron chi connectivity index (χ1n) is 7.85. The average Bonchev–Trinajstić information content (AvgIpc) is 3.05. The van der Waals surface area contributed by atoms with Crippen LogP contribution in [0.15, 0.2) is 54.6 Å². The monoisotopic (exact) mass is 360 g/mol. The molecule has 1 saturated heterocycles. The Balaban J connectivity index is 1.56. The number of benzene rings is 2. The molecule has 1 amide bonds. The molecule has 3 nitrogen and oxygen atoms in total. The summed E-state index contributed by atoms with van der Waals surface area (Å²) in [6.45, 7) is 1.47. The van der Waals surface area contributed by atoms with Gasteiger partial charge < -0.3 is 10.2 Å². The molecule has 1 N–H and O–H groups in total. The molecule has 1 aliphatic rings. The molecule has 0 saturated carbocycles. The normalized spacial score (nSPS) is 17.4. The van der Waals surface area contributed by atoms with E-state index in [1.54, 1.807) is 24.3 Å². The molecule has 5 heteroatoms. The first-order valence-corrected chi connectivity index (χ1v) is 8.61. The SMILES string of the molecule is O=C(/C=C/c1ccc(Cl)c(Cl)c1)N1CCC(Nc2ccccc2)C1. The maximum Gasteiger partial charge on any atom is 0.246 e. The smallest absolute Gasteiger partial charge is 0.246 e. The number of nitrogens with one attached hydrogen (secondary N) is 1. The maximum absolute atomic E-state index is 12.3. The van der Waals surface area contributed by atoms with Crippen molar-refractivity contribution in [3.63, 3.8) is 0 Å². The Bertz CT molecular complexity index is 746. The molecule has 2 aromatic rings. The molecule has 0 bridgehead atoms. The summed E-state index contributed by atoms with van der Waals surface area (Å²) in [6, 6.07) is 15.7. The highest BCUT2D eigenvalue weighted by atomic mass is 35.5. The fourth-order valence-corrected chi connectivity index (χ4v) is 3.04. The van der Waals surface area contributed by atoms with Crippen LogP contribution in [-0.2, 0) is 4.79 Å². The van der Waals surface area contributed by atoms with Crippen LogP contribution in [0.25, 0.3) is 6.08 Å². The Morgan fingerprint density at radius 2 is 1.92 bits per heavy atom. The van der Waals surface area contributed by atoms with Gasteiger partial charge >= 0.3 is 0 Å². The lowest BCUT2D eigenvalue weighted by molar-refractivity contribution is -0.124. The molecule has 1 fully saturated rings. The van der Waals surface area contributed by atoms with Crippen LogP contribution in [0, 0.1) is 0 Å². The van der Waals surface area contributed by atoms with Gasteiger partial charge in [-0.05, 0) is 42.3 Å². The van der Waals surface area contributed by atoms with Crippen molar-refractivity contribution < 1.29 is 4.79 Å². The van der Waals surface area contributed by atoms with E-state index in [1.807, 2.05) is 41.3 Å². The van der Waals surface area contributed by atoms with Crippen LogP contribution in [0.2, 0.25) is 10.0 Å². The van der Waals surface area contributed by atoms with Crippen molar-refractivity contribution in [1.29, 1.82) is 0 Å². The third-order valence-electron chi connectivity index (χ3n) is 4.01. The lowest BCUT2D eigenvalue weighted by atomic mass is 10.2. The Kier molecular flexibility index (Phi) is 5.44. The van der Waals surface area contributed by atoms with Gasteiger partial charge in [0.1, 0.15) is 0 Å². The molecule has 3 rings (SSSR count). The summed E-state index contributed by atoms with van der Waals surface area (Å²) in [6.07, 6.45) is 4.30. The standard InChI is InChI=1S/C19H18Cl2N2O/c20-17-8-6-14(12-18(17)21)7-9-19(24)23-11-10-16(13-23)22-15-4-2-1-3-5-15/h1-9,12,16,22H,10-11,13H2/b9-7+. The van der Waals surface area contributed by atoms with Crippen LogP contribution < -0.4 is 5.32 Å². The van der Waals surface area contributed by atoms with E-state index in [9.17, 15) is 4.79 Å². The second-order valence-electron chi connectivity index (χ2n) is 5.79. The Labute approximate surface area is 151 Å². The molecule has 1 heterocycles. The number of nitrogens with zero attached hydrogens (tertiary/aromatic N) is 1. The molecule has 2 aromatic carbocycles. The van der Waals surface area contributed by atoms with Crippen LogP contribution in [0.1, 0.15) is 12.0 Å². The van der Waals surface area contributed by atoms with Crippen molar-refractivity contribution in [2.24, 2.45) is 0 Å². The minimum atomic E-state index is 0.0124. The highest BCUT2D eigenvalue weighted by Gasteiger charge is 2.24. The van der Waals surface area contributed by atoms with E-state index < -0.39 is 0 Å². The number of amides is 1. The molecule has 1 aliphatic heterocycles. The quantitative estimate of drug-likeness (QED) is 0.800. The minimum Gasteiger partial charge on any atom is -0.380 e. The van der Waals surface area contributed by atoms with Gasteiger partial charge in [0.2, 0.25) is 5.91 Å². The fraction of sp³-hybridized carbons (Fsp3) is 0.211. The topological polar surface area (TPSA) is 32.3 Å². The molecular formula is C19H18Cl2N2O. The van der Waals surface area contributed by atoms with Gasteiger partial charge in [0.25, 0.3) is 0 Å². The van der Waals surface area contributed by atoms with Crippen molar-refractivity contribution in [2.45, 2.75) is 12.5 Å². The second-order valence-corrected chi connectivity index (χ2v) is 6.60. The lowest BCUT2D eigenvalue weighted by Gasteiger charge is -2.16. The summed E-state index contributed by atoms with van der Waals surface area (Å²) in [5, 5.41) is 4.46. The summed E-state index contributed by atoms with van der Waals surface area (Å²) in [5.74, 6) is 0.0124. The van der Waals surface area contributed by atoms with E-state index in [4.69, 9.17) is 23.2 Å². The van der Waals surface area contributed by atoms with Gasteiger partial charge in [-0.25, -0.2) is 0 Å². The summed E-state index contributed by atoms with van der Waals surface area (Å²) < 4.78 is 0. The molecule has 0 aromatic heterocycles. The number of halogens is 2. The zero-order valence-corrected chi connectivity index (χ0v) is 14.6. The van der Waals surface area contributed by atoms with Crippen molar-refractivity contribution in [2.75, 3.05) is 18.4 Å². The van der Waals surface area contributed by atoms with E-state index in [0.29, 0.717) is 16.6 Å². The number of carbonyl (C=O) groups is 1. The third kappa shape index (κ3) is 4.31. The number of hydrogen-bond donors (Lipinski definition) is 1. The van der Waals surface area contributed by atoms with Crippen molar-refractivity contribution >= 4 is 40.9 Å². The van der Waals surface area contributed by atoms with Gasteiger partial charge in [-0.3, -0.25) is 4.79 Å². The minimum absolute atomic E-state index is 0.0124. The second kappa shape index (κ2) is 7.73. The number of carbonyl (C=O) groups excluding carboxylic acids is 1. The van der Waals surface area contributed by atoms with Crippen molar-refractivity contribution in [3.05, 3.63) is 70.2 Å². The first-order chi connectivity index (χ1) is 11.6. The molecule has 0 aliphatic carbocycles. The van der Waals surface area contributed by atoms with Crippen LogP contribution in [0.4, 0.5) is 5.69 Å². The van der Waals surface area contributed by atoms with Gasteiger partial charge in [0, 0.05) is 30.9 Å². The lowest BCUT2D eigenvalue weighted by Crippen LogP contribution is -2.30. The first kappa shape index (κ1) is 16.9. The summed E-state index contributed by atoms with van der Waals surface area (Å²) in [5.41, 5.74) is 1.94. The number of rotatable bonds is 4. The van der Waals surface area contributed by atoms with Gasteiger partial charge in [0.15, 0.2) is 0 Å². The molecule has 0 radical (unpaired) electrons. The van der Waals surface area contributed by atoms with Crippen molar-refractivity contribution in [3.8, 4) is 0 Å². The molecule has 1 atom stereocenters. The van der Waals surface area contributed by atoms with Crippen LogP contribution in [0.5, 0.6) is 0 Å². The van der Waals surface area contributed by atoms with E-state index in [-0.39, 0.29) is 11.9 Å². The fourth-order valence-electron chi connectivity index (χ4n) is 2.74. The van der Waals surface area contributed by atoms with Crippen molar-refractivity contribution in [1.82, 2.24) is 4.90 Å². The van der Waals surface area contributed by atoms with Crippen LogP contribution >= 0.6 is 23.2 Å². The Morgan fingerprint density at radius 1 is 1.12 bits per heavy atom. The predicted molar refractivity (Wildman–Crippen MR) is 101 cm³/mol. The number of para-hydroxylation sites is 1. The highest BCUT2D eigenvalue weighted by molar-refractivity contribution is 6.42. The van der Waals surface area contributed by atoms with Crippen LogP contribution in [0.3, 0.4) is 0 Å². The van der Waals surface area contributed by atoms with Gasteiger partial charge in [-0.1, -0.05) is 47.5 Å². The third-order valence-corrected chi connectivity index (χ3v) is 4.75.